The Balaban J connectivity index is 2.62. The Kier molecular flexibility index (Phi) is 6.53. The molecule has 0 aromatic carbocycles. The van der Waals surface area contributed by atoms with E-state index in [0.717, 1.165) is 26.1 Å². The van der Waals surface area contributed by atoms with E-state index >= 15 is 0 Å². The highest BCUT2D eigenvalue weighted by molar-refractivity contribution is 4.85. The second kappa shape index (κ2) is 7.26. The SMILES string of the molecule is CCC(C)(C)OCC1(COC(C)(C)CC)CCCCC1. The molecule has 0 N–H and O–H groups in total. The summed E-state index contributed by atoms with van der Waals surface area (Å²) >= 11 is 0. The predicted octanol–water partition coefficient (Wildman–Crippen LogP) is 5.35. The molecule has 120 valence electrons. The molecule has 0 aliphatic heterocycles. The van der Waals surface area contributed by atoms with E-state index in [2.05, 4.69) is 41.5 Å². The van der Waals surface area contributed by atoms with Crippen LogP contribution in [0.1, 0.15) is 86.5 Å². The zero-order valence-electron chi connectivity index (χ0n) is 14.7. The first-order valence-corrected chi connectivity index (χ1v) is 8.52. The van der Waals surface area contributed by atoms with Crippen LogP contribution in [-0.2, 0) is 9.47 Å². The lowest BCUT2D eigenvalue weighted by molar-refractivity contribution is -0.128. The summed E-state index contributed by atoms with van der Waals surface area (Å²) in [5, 5.41) is 0. The number of rotatable bonds is 8. The molecule has 2 nitrogen and oxygen atoms in total. The van der Waals surface area contributed by atoms with Crippen molar-refractivity contribution < 1.29 is 9.47 Å². The van der Waals surface area contributed by atoms with Gasteiger partial charge in [-0.3, -0.25) is 0 Å². The lowest BCUT2D eigenvalue weighted by Crippen LogP contribution is -2.41. The monoisotopic (exact) mass is 284 g/mol. The van der Waals surface area contributed by atoms with Crippen LogP contribution in [0.4, 0.5) is 0 Å². The Morgan fingerprint density at radius 1 is 0.750 bits per heavy atom. The molecule has 0 saturated heterocycles. The molecule has 0 unspecified atom stereocenters. The smallest absolute Gasteiger partial charge is 0.0624 e. The van der Waals surface area contributed by atoms with E-state index in [0.29, 0.717) is 0 Å². The molecular weight excluding hydrogens is 248 g/mol. The summed E-state index contributed by atoms with van der Waals surface area (Å²) in [4.78, 5) is 0. The van der Waals surface area contributed by atoms with Crippen LogP contribution in [0.5, 0.6) is 0 Å². The van der Waals surface area contributed by atoms with Crippen LogP contribution >= 0.6 is 0 Å². The summed E-state index contributed by atoms with van der Waals surface area (Å²) < 4.78 is 12.5. The molecule has 1 saturated carbocycles. The molecular formula is C18H36O2. The average Bonchev–Trinajstić information content (AvgIpc) is 2.45. The van der Waals surface area contributed by atoms with Gasteiger partial charge in [-0.25, -0.2) is 0 Å². The molecule has 0 amide bonds. The number of ether oxygens (including phenoxy) is 2. The summed E-state index contributed by atoms with van der Waals surface area (Å²) in [5.41, 5.74) is 0.229. The number of hydrogen-bond acceptors (Lipinski definition) is 2. The van der Waals surface area contributed by atoms with Crippen molar-refractivity contribution in [1.29, 1.82) is 0 Å². The zero-order valence-corrected chi connectivity index (χ0v) is 14.7. The average molecular weight is 284 g/mol. The van der Waals surface area contributed by atoms with Gasteiger partial charge in [0, 0.05) is 5.41 Å². The zero-order chi connectivity index (χ0) is 15.3. The third-order valence-corrected chi connectivity index (χ3v) is 5.16. The quantitative estimate of drug-likeness (QED) is 0.598. The Hall–Kier alpha value is -0.0800. The third kappa shape index (κ3) is 5.73. The molecule has 0 spiro atoms. The maximum atomic E-state index is 6.24. The van der Waals surface area contributed by atoms with Gasteiger partial charge in [-0.15, -0.1) is 0 Å². The fourth-order valence-corrected chi connectivity index (χ4v) is 2.53. The molecule has 1 fully saturated rings. The minimum Gasteiger partial charge on any atom is -0.375 e. The van der Waals surface area contributed by atoms with Crippen molar-refractivity contribution in [1.82, 2.24) is 0 Å². The molecule has 0 aromatic heterocycles. The highest BCUT2D eigenvalue weighted by Crippen LogP contribution is 2.39. The van der Waals surface area contributed by atoms with Gasteiger partial charge in [-0.2, -0.15) is 0 Å². The van der Waals surface area contributed by atoms with Gasteiger partial charge >= 0.3 is 0 Å². The second-order valence-corrected chi connectivity index (χ2v) is 7.86. The Bertz CT molecular complexity index is 253. The van der Waals surface area contributed by atoms with Gasteiger partial charge in [0.1, 0.15) is 0 Å². The summed E-state index contributed by atoms with van der Waals surface area (Å²) in [7, 11) is 0. The van der Waals surface area contributed by atoms with E-state index in [1.807, 2.05) is 0 Å². The van der Waals surface area contributed by atoms with Crippen LogP contribution in [0, 0.1) is 5.41 Å². The van der Waals surface area contributed by atoms with Crippen molar-refractivity contribution >= 4 is 0 Å². The van der Waals surface area contributed by atoms with Crippen molar-refractivity contribution in [3.63, 3.8) is 0 Å². The molecule has 1 rings (SSSR count). The summed E-state index contributed by atoms with van der Waals surface area (Å²) in [6.07, 6.45) is 8.65. The fraction of sp³-hybridized carbons (Fsp3) is 1.00. The van der Waals surface area contributed by atoms with Gasteiger partial charge in [0.2, 0.25) is 0 Å². The van der Waals surface area contributed by atoms with E-state index in [4.69, 9.17) is 9.47 Å². The second-order valence-electron chi connectivity index (χ2n) is 7.86. The largest absolute Gasteiger partial charge is 0.375 e. The summed E-state index contributed by atoms with van der Waals surface area (Å²) in [6, 6.07) is 0. The molecule has 0 bridgehead atoms. The van der Waals surface area contributed by atoms with Crippen LogP contribution in [-0.4, -0.2) is 24.4 Å². The van der Waals surface area contributed by atoms with Gasteiger partial charge in [0.25, 0.3) is 0 Å². The Morgan fingerprint density at radius 3 is 1.50 bits per heavy atom. The molecule has 2 heteroatoms. The van der Waals surface area contributed by atoms with Gasteiger partial charge < -0.3 is 9.47 Å². The van der Waals surface area contributed by atoms with E-state index in [1.165, 1.54) is 32.1 Å². The molecule has 0 radical (unpaired) electrons. The maximum absolute atomic E-state index is 6.24. The molecule has 0 atom stereocenters. The van der Waals surface area contributed by atoms with Crippen molar-refractivity contribution in [3.8, 4) is 0 Å². The normalized spacial score (nSPS) is 20.1. The first-order valence-electron chi connectivity index (χ1n) is 8.52. The van der Waals surface area contributed by atoms with Crippen LogP contribution in [0.25, 0.3) is 0 Å². The van der Waals surface area contributed by atoms with E-state index in [9.17, 15) is 0 Å². The van der Waals surface area contributed by atoms with Crippen molar-refractivity contribution in [2.45, 2.75) is 97.7 Å². The minimum atomic E-state index is -0.00921. The summed E-state index contributed by atoms with van der Waals surface area (Å²) in [5.74, 6) is 0. The topological polar surface area (TPSA) is 18.5 Å². The highest BCUT2D eigenvalue weighted by atomic mass is 16.5. The lowest BCUT2D eigenvalue weighted by atomic mass is 9.75. The Labute approximate surface area is 126 Å². The van der Waals surface area contributed by atoms with Crippen molar-refractivity contribution in [2.75, 3.05) is 13.2 Å². The van der Waals surface area contributed by atoms with Gasteiger partial charge in [0.15, 0.2) is 0 Å². The molecule has 1 aliphatic rings. The molecule has 0 aromatic rings. The van der Waals surface area contributed by atoms with Gasteiger partial charge in [0.05, 0.1) is 24.4 Å². The first kappa shape index (κ1) is 18.0. The van der Waals surface area contributed by atoms with Crippen molar-refractivity contribution in [2.24, 2.45) is 5.41 Å². The van der Waals surface area contributed by atoms with Crippen molar-refractivity contribution in [3.05, 3.63) is 0 Å². The lowest BCUT2D eigenvalue weighted by Gasteiger charge is -2.41. The predicted molar refractivity (Wildman–Crippen MR) is 86.2 cm³/mol. The summed E-state index contributed by atoms with van der Waals surface area (Å²) in [6.45, 7) is 14.9. The number of hydrogen-bond donors (Lipinski definition) is 0. The van der Waals surface area contributed by atoms with Crippen LogP contribution < -0.4 is 0 Å². The van der Waals surface area contributed by atoms with E-state index in [1.54, 1.807) is 0 Å². The standard InChI is InChI=1S/C18H36O2/c1-7-16(3,4)19-14-18(12-10-9-11-13-18)15-20-17(5,6)8-2/h7-15H2,1-6H3. The molecule has 20 heavy (non-hydrogen) atoms. The third-order valence-electron chi connectivity index (χ3n) is 5.16. The minimum absolute atomic E-state index is 0.00921. The molecule has 1 aliphatic carbocycles. The van der Waals surface area contributed by atoms with Gasteiger partial charge in [-0.05, 0) is 53.4 Å². The fourth-order valence-electron chi connectivity index (χ4n) is 2.53. The van der Waals surface area contributed by atoms with Crippen LogP contribution in [0.15, 0.2) is 0 Å². The highest BCUT2D eigenvalue weighted by Gasteiger charge is 2.36. The van der Waals surface area contributed by atoms with Crippen LogP contribution in [0.3, 0.4) is 0 Å². The first-order chi connectivity index (χ1) is 9.24. The molecule has 0 heterocycles. The van der Waals surface area contributed by atoms with Gasteiger partial charge in [-0.1, -0.05) is 33.1 Å². The van der Waals surface area contributed by atoms with E-state index in [-0.39, 0.29) is 16.6 Å². The van der Waals surface area contributed by atoms with Crippen LogP contribution in [0.2, 0.25) is 0 Å². The Morgan fingerprint density at radius 2 is 1.15 bits per heavy atom. The maximum Gasteiger partial charge on any atom is 0.0624 e. The van der Waals surface area contributed by atoms with E-state index < -0.39 is 0 Å².